The lowest BCUT2D eigenvalue weighted by Crippen LogP contribution is -2.17. The van der Waals surface area contributed by atoms with E-state index in [2.05, 4.69) is 15.5 Å². The summed E-state index contributed by atoms with van der Waals surface area (Å²) < 4.78 is 5.00. The Hall–Kier alpha value is -1.79. The normalized spacial score (nSPS) is 10.3. The minimum Gasteiger partial charge on any atom is -0.372 e. The van der Waals surface area contributed by atoms with Crippen LogP contribution in [0.4, 0.5) is 5.13 Å². The highest BCUT2D eigenvalue weighted by Gasteiger charge is 2.09. The van der Waals surface area contributed by atoms with E-state index in [0.717, 1.165) is 10.6 Å². The zero-order chi connectivity index (χ0) is 12.8. The zero-order valence-corrected chi connectivity index (χ0v) is 10.7. The van der Waals surface area contributed by atoms with Crippen LogP contribution in [0.3, 0.4) is 0 Å². The van der Waals surface area contributed by atoms with Crippen molar-refractivity contribution in [2.75, 3.05) is 18.5 Å². The van der Waals surface area contributed by atoms with E-state index in [1.54, 1.807) is 0 Å². The van der Waals surface area contributed by atoms with Gasteiger partial charge in [0.05, 0.1) is 0 Å². The van der Waals surface area contributed by atoms with Gasteiger partial charge in [-0.05, 0) is 6.92 Å². The number of carbonyl (C=O) groups excluding carboxylic acids is 1. The first-order valence-corrected chi connectivity index (χ1v) is 6.37. The molecule has 5 nitrogen and oxygen atoms in total. The number of hydrogen-bond acceptors (Lipinski definition) is 5. The molecule has 0 fully saturated rings. The molecule has 1 aromatic heterocycles. The zero-order valence-electron chi connectivity index (χ0n) is 9.92. The number of benzene rings is 1. The van der Waals surface area contributed by atoms with Crippen LogP contribution in [0.2, 0.25) is 0 Å². The molecule has 1 amide bonds. The van der Waals surface area contributed by atoms with Crippen molar-refractivity contribution in [3.8, 4) is 10.6 Å². The number of hydrogen-bond donors (Lipinski definition) is 1. The molecule has 2 rings (SSSR count). The van der Waals surface area contributed by atoms with Crippen LogP contribution < -0.4 is 5.32 Å². The monoisotopic (exact) mass is 263 g/mol. The molecule has 0 aliphatic heterocycles. The SMILES string of the molecule is CCOCC(=O)Nc1nnc(-c2ccccc2)s1. The average molecular weight is 263 g/mol. The van der Waals surface area contributed by atoms with Crippen molar-refractivity contribution in [2.24, 2.45) is 0 Å². The largest absolute Gasteiger partial charge is 0.372 e. The van der Waals surface area contributed by atoms with Gasteiger partial charge in [-0.15, -0.1) is 10.2 Å². The number of nitrogens with one attached hydrogen (secondary N) is 1. The Morgan fingerprint density at radius 1 is 1.33 bits per heavy atom. The number of ether oxygens (including phenoxy) is 1. The molecule has 0 bridgehead atoms. The van der Waals surface area contributed by atoms with Gasteiger partial charge >= 0.3 is 0 Å². The van der Waals surface area contributed by atoms with Gasteiger partial charge in [-0.1, -0.05) is 41.7 Å². The molecule has 0 radical (unpaired) electrons. The van der Waals surface area contributed by atoms with Crippen LogP contribution in [0.5, 0.6) is 0 Å². The van der Waals surface area contributed by atoms with Gasteiger partial charge in [0.1, 0.15) is 11.6 Å². The van der Waals surface area contributed by atoms with Crippen LogP contribution in [0.1, 0.15) is 6.92 Å². The van der Waals surface area contributed by atoms with Gasteiger partial charge in [-0.25, -0.2) is 0 Å². The third kappa shape index (κ3) is 3.35. The Balaban J connectivity index is 2.00. The van der Waals surface area contributed by atoms with E-state index >= 15 is 0 Å². The minimum atomic E-state index is -0.215. The molecule has 94 valence electrons. The van der Waals surface area contributed by atoms with Crippen LogP contribution in [-0.2, 0) is 9.53 Å². The molecule has 6 heteroatoms. The standard InChI is InChI=1S/C12H13N3O2S/c1-2-17-8-10(16)13-12-15-14-11(18-12)9-6-4-3-5-7-9/h3-7H,2,8H2,1H3,(H,13,15,16). The third-order valence-electron chi connectivity index (χ3n) is 2.13. The number of carbonyl (C=O) groups is 1. The summed E-state index contributed by atoms with van der Waals surface area (Å²) in [7, 11) is 0. The maximum atomic E-state index is 11.4. The molecule has 0 saturated heterocycles. The molecule has 1 aromatic carbocycles. The first-order chi connectivity index (χ1) is 8.79. The number of amides is 1. The van der Waals surface area contributed by atoms with Gasteiger partial charge in [0, 0.05) is 12.2 Å². The quantitative estimate of drug-likeness (QED) is 0.898. The van der Waals surface area contributed by atoms with Crippen molar-refractivity contribution >= 4 is 22.4 Å². The lowest BCUT2D eigenvalue weighted by Gasteiger charge is -1.99. The average Bonchev–Trinajstić information content (AvgIpc) is 2.86. The fourth-order valence-electron chi connectivity index (χ4n) is 1.32. The lowest BCUT2D eigenvalue weighted by molar-refractivity contribution is -0.120. The second-order valence-corrected chi connectivity index (χ2v) is 4.44. The van der Waals surface area contributed by atoms with Gasteiger partial charge in [0.25, 0.3) is 5.91 Å². The van der Waals surface area contributed by atoms with Crippen LogP contribution in [0, 0.1) is 0 Å². The molecule has 1 heterocycles. The summed E-state index contributed by atoms with van der Waals surface area (Å²) >= 11 is 1.34. The number of anilines is 1. The smallest absolute Gasteiger partial charge is 0.252 e. The van der Waals surface area contributed by atoms with Crippen molar-refractivity contribution in [3.63, 3.8) is 0 Å². The van der Waals surface area contributed by atoms with E-state index in [4.69, 9.17) is 4.74 Å². The van der Waals surface area contributed by atoms with Gasteiger partial charge in [-0.2, -0.15) is 0 Å². The molecule has 0 unspecified atom stereocenters. The van der Waals surface area contributed by atoms with E-state index in [0.29, 0.717) is 11.7 Å². The minimum absolute atomic E-state index is 0.0384. The van der Waals surface area contributed by atoms with Crippen molar-refractivity contribution in [2.45, 2.75) is 6.92 Å². The summed E-state index contributed by atoms with van der Waals surface area (Å²) in [6.45, 7) is 2.39. The van der Waals surface area contributed by atoms with Crippen LogP contribution in [0.25, 0.3) is 10.6 Å². The van der Waals surface area contributed by atoms with Crippen molar-refractivity contribution in [3.05, 3.63) is 30.3 Å². The summed E-state index contributed by atoms with van der Waals surface area (Å²) in [5.41, 5.74) is 0.986. The highest BCUT2D eigenvalue weighted by molar-refractivity contribution is 7.18. The number of rotatable bonds is 5. The van der Waals surface area contributed by atoms with E-state index in [1.165, 1.54) is 11.3 Å². The first kappa shape index (κ1) is 12.7. The summed E-state index contributed by atoms with van der Waals surface area (Å²) in [4.78, 5) is 11.4. The Morgan fingerprint density at radius 2 is 2.11 bits per heavy atom. The second-order valence-electron chi connectivity index (χ2n) is 3.46. The van der Waals surface area contributed by atoms with Crippen molar-refractivity contribution in [1.29, 1.82) is 0 Å². The molecule has 1 N–H and O–H groups in total. The molecule has 0 atom stereocenters. The van der Waals surface area contributed by atoms with Crippen LogP contribution in [-0.4, -0.2) is 29.3 Å². The van der Waals surface area contributed by atoms with Crippen molar-refractivity contribution in [1.82, 2.24) is 10.2 Å². The Morgan fingerprint density at radius 3 is 2.83 bits per heavy atom. The Bertz CT molecular complexity index is 513. The fraction of sp³-hybridized carbons (Fsp3) is 0.250. The second kappa shape index (κ2) is 6.23. The maximum Gasteiger partial charge on any atom is 0.252 e. The molecular formula is C12H13N3O2S. The van der Waals surface area contributed by atoms with Crippen LogP contribution in [0.15, 0.2) is 30.3 Å². The first-order valence-electron chi connectivity index (χ1n) is 5.56. The molecule has 18 heavy (non-hydrogen) atoms. The molecule has 0 aliphatic rings. The topological polar surface area (TPSA) is 64.1 Å². The van der Waals surface area contributed by atoms with E-state index < -0.39 is 0 Å². The highest BCUT2D eigenvalue weighted by Crippen LogP contribution is 2.25. The summed E-state index contributed by atoms with van der Waals surface area (Å²) in [6, 6.07) is 9.71. The predicted octanol–water partition coefficient (Wildman–Crippen LogP) is 2.18. The van der Waals surface area contributed by atoms with E-state index in [1.807, 2.05) is 37.3 Å². The molecule has 0 spiro atoms. The number of aromatic nitrogens is 2. The van der Waals surface area contributed by atoms with E-state index in [9.17, 15) is 4.79 Å². The van der Waals surface area contributed by atoms with E-state index in [-0.39, 0.29) is 12.5 Å². The third-order valence-corrected chi connectivity index (χ3v) is 3.02. The molecule has 0 aliphatic carbocycles. The summed E-state index contributed by atoms with van der Waals surface area (Å²) in [5.74, 6) is -0.215. The molecular weight excluding hydrogens is 250 g/mol. The van der Waals surface area contributed by atoms with Crippen molar-refractivity contribution < 1.29 is 9.53 Å². The summed E-state index contributed by atoms with van der Waals surface area (Å²) in [6.07, 6.45) is 0. The predicted molar refractivity (Wildman–Crippen MR) is 70.5 cm³/mol. The highest BCUT2D eigenvalue weighted by atomic mass is 32.1. The van der Waals surface area contributed by atoms with Gasteiger partial charge in [0.15, 0.2) is 0 Å². The fourth-order valence-corrected chi connectivity index (χ4v) is 2.09. The van der Waals surface area contributed by atoms with Crippen LogP contribution >= 0.6 is 11.3 Å². The van der Waals surface area contributed by atoms with Gasteiger partial charge in [-0.3, -0.25) is 10.1 Å². The number of nitrogens with zero attached hydrogens (tertiary/aromatic N) is 2. The maximum absolute atomic E-state index is 11.4. The Kier molecular flexibility index (Phi) is 4.38. The Labute approximate surface area is 109 Å². The van der Waals surface area contributed by atoms with Gasteiger partial charge < -0.3 is 4.74 Å². The molecule has 0 saturated carbocycles. The molecule has 2 aromatic rings. The van der Waals surface area contributed by atoms with Gasteiger partial charge in [0.2, 0.25) is 5.13 Å². The lowest BCUT2D eigenvalue weighted by atomic mass is 10.2. The summed E-state index contributed by atoms with van der Waals surface area (Å²) in [5, 5.41) is 11.9.